The monoisotopic (exact) mass is 315 g/mol. The van der Waals surface area contributed by atoms with Crippen LogP contribution in [0.25, 0.3) is 0 Å². The standard InChI is InChI=1S/C13H17NO6S/c1-8(2)7-20-13(15)10-5-9(21(14,16)17)6-11-12(10)19-4-3-18-11/h5-6,8H,3-4,7H2,1-2H3,(H2,14,16,17). The number of hydrogen-bond acceptors (Lipinski definition) is 6. The van der Waals surface area contributed by atoms with Gasteiger partial charge in [-0.15, -0.1) is 0 Å². The molecule has 0 aromatic heterocycles. The maximum absolute atomic E-state index is 12.1. The number of esters is 1. The van der Waals surface area contributed by atoms with Crippen LogP contribution in [0.4, 0.5) is 0 Å². The molecule has 0 fully saturated rings. The molecule has 2 N–H and O–H groups in total. The predicted octanol–water partition coefficient (Wildman–Crippen LogP) is 0.918. The van der Waals surface area contributed by atoms with Gasteiger partial charge in [0.1, 0.15) is 18.8 Å². The molecule has 0 atom stereocenters. The van der Waals surface area contributed by atoms with Crippen LogP contribution in [0.3, 0.4) is 0 Å². The van der Waals surface area contributed by atoms with Crippen LogP contribution in [-0.4, -0.2) is 34.2 Å². The molecular formula is C13H17NO6S. The fraction of sp³-hybridized carbons (Fsp3) is 0.462. The number of fused-ring (bicyclic) bond motifs is 1. The van der Waals surface area contributed by atoms with Gasteiger partial charge in [0, 0.05) is 6.07 Å². The minimum absolute atomic E-state index is 0.00289. The summed E-state index contributed by atoms with van der Waals surface area (Å²) in [7, 11) is -3.97. The number of rotatable bonds is 4. The van der Waals surface area contributed by atoms with Gasteiger partial charge in [-0.2, -0.15) is 0 Å². The average Bonchev–Trinajstić information content (AvgIpc) is 2.42. The van der Waals surface area contributed by atoms with Crippen molar-refractivity contribution in [1.29, 1.82) is 0 Å². The zero-order chi connectivity index (χ0) is 15.6. The number of primary sulfonamides is 1. The van der Waals surface area contributed by atoms with Gasteiger partial charge in [0.05, 0.1) is 11.5 Å². The van der Waals surface area contributed by atoms with Crippen LogP contribution in [0.2, 0.25) is 0 Å². The third-order valence-corrected chi connectivity index (χ3v) is 3.60. The Bertz CT molecular complexity index is 653. The van der Waals surface area contributed by atoms with Crippen molar-refractivity contribution in [1.82, 2.24) is 0 Å². The Morgan fingerprint density at radius 3 is 2.62 bits per heavy atom. The molecule has 8 heteroatoms. The molecule has 1 aliphatic rings. The smallest absolute Gasteiger partial charge is 0.342 e. The third kappa shape index (κ3) is 3.64. The minimum atomic E-state index is -3.97. The summed E-state index contributed by atoms with van der Waals surface area (Å²) in [5.74, 6) is -0.161. The summed E-state index contributed by atoms with van der Waals surface area (Å²) in [5.41, 5.74) is -0.00289. The first-order valence-corrected chi connectivity index (χ1v) is 7.97. The molecule has 0 bridgehead atoms. The summed E-state index contributed by atoms with van der Waals surface area (Å²) in [5, 5.41) is 5.10. The molecular weight excluding hydrogens is 298 g/mol. The van der Waals surface area contributed by atoms with Crippen molar-refractivity contribution in [3.8, 4) is 11.5 Å². The summed E-state index contributed by atoms with van der Waals surface area (Å²) < 4.78 is 38.8. The Morgan fingerprint density at radius 1 is 1.33 bits per heavy atom. The first kappa shape index (κ1) is 15.6. The Hall–Kier alpha value is -1.80. The maximum Gasteiger partial charge on any atom is 0.342 e. The van der Waals surface area contributed by atoms with E-state index in [9.17, 15) is 13.2 Å². The molecule has 0 saturated carbocycles. The van der Waals surface area contributed by atoms with E-state index in [1.165, 1.54) is 6.07 Å². The highest BCUT2D eigenvalue weighted by atomic mass is 32.2. The summed E-state index contributed by atoms with van der Waals surface area (Å²) in [6, 6.07) is 2.38. The van der Waals surface area contributed by atoms with Crippen LogP contribution in [-0.2, 0) is 14.8 Å². The van der Waals surface area contributed by atoms with Gasteiger partial charge >= 0.3 is 5.97 Å². The van der Waals surface area contributed by atoms with Gasteiger partial charge in [0.25, 0.3) is 0 Å². The van der Waals surface area contributed by atoms with Crippen molar-refractivity contribution in [2.24, 2.45) is 11.1 Å². The number of carbonyl (C=O) groups is 1. The Labute approximate surface area is 123 Å². The van der Waals surface area contributed by atoms with E-state index in [1.807, 2.05) is 13.8 Å². The first-order valence-electron chi connectivity index (χ1n) is 6.42. The van der Waals surface area contributed by atoms with E-state index in [2.05, 4.69) is 0 Å². The topological polar surface area (TPSA) is 105 Å². The lowest BCUT2D eigenvalue weighted by Crippen LogP contribution is -2.21. The van der Waals surface area contributed by atoms with E-state index < -0.39 is 16.0 Å². The molecule has 1 aromatic rings. The molecule has 116 valence electrons. The quantitative estimate of drug-likeness (QED) is 0.828. The molecule has 0 saturated heterocycles. The van der Waals surface area contributed by atoms with E-state index in [-0.39, 0.29) is 47.7 Å². The largest absolute Gasteiger partial charge is 0.486 e. The van der Waals surface area contributed by atoms with Gasteiger partial charge in [-0.1, -0.05) is 13.8 Å². The number of hydrogen-bond donors (Lipinski definition) is 1. The lowest BCUT2D eigenvalue weighted by Gasteiger charge is -2.21. The molecule has 0 aliphatic carbocycles. The zero-order valence-electron chi connectivity index (χ0n) is 11.8. The van der Waals surface area contributed by atoms with Crippen molar-refractivity contribution in [3.05, 3.63) is 17.7 Å². The summed E-state index contributed by atoms with van der Waals surface area (Å²) in [6.45, 7) is 4.54. The highest BCUT2D eigenvalue weighted by Crippen LogP contribution is 2.36. The lowest BCUT2D eigenvalue weighted by molar-refractivity contribution is 0.0449. The van der Waals surface area contributed by atoms with E-state index in [0.29, 0.717) is 0 Å². The number of ether oxygens (including phenoxy) is 3. The molecule has 0 spiro atoms. The van der Waals surface area contributed by atoms with E-state index in [0.717, 1.165) is 6.07 Å². The van der Waals surface area contributed by atoms with Crippen molar-refractivity contribution in [2.75, 3.05) is 19.8 Å². The molecule has 0 unspecified atom stereocenters. The van der Waals surface area contributed by atoms with Gasteiger partial charge in [-0.25, -0.2) is 18.4 Å². The minimum Gasteiger partial charge on any atom is -0.486 e. The van der Waals surface area contributed by atoms with E-state index >= 15 is 0 Å². The van der Waals surface area contributed by atoms with Crippen molar-refractivity contribution in [3.63, 3.8) is 0 Å². The average molecular weight is 315 g/mol. The summed E-state index contributed by atoms with van der Waals surface area (Å²) in [4.78, 5) is 11.9. The lowest BCUT2D eigenvalue weighted by atomic mass is 10.1. The zero-order valence-corrected chi connectivity index (χ0v) is 12.6. The molecule has 1 heterocycles. The fourth-order valence-corrected chi connectivity index (χ4v) is 2.32. The SMILES string of the molecule is CC(C)COC(=O)c1cc(S(N)(=O)=O)cc2c1OCCO2. The molecule has 0 amide bonds. The van der Waals surface area contributed by atoms with Crippen LogP contribution >= 0.6 is 0 Å². The summed E-state index contributed by atoms with van der Waals surface area (Å²) >= 11 is 0. The van der Waals surface area contributed by atoms with Crippen molar-refractivity contribution < 1.29 is 27.4 Å². The van der Waals surface area contributed by atoms with Crippen molar-refractivity contribution in [2.45, 2.75) is 18.7 Å². The highest BCUT2D eigenvalue weighted by Gasteiger charge is 2.26. The third-order valence-electron chi connectivity index (χ3n) is 2.71. The Balaban J connectivity index is 2.45. The van der Waals surface area contributed by atoms with Crippen LogP contribution in [0.15, 0.2) is 17.0 Å². The molecule has 0 radical (unpaired) electrons. The number of nitrogens with two attached hydrogens (primary N) is 1. The second-order valence-electron chi connectivity index (χ2n) is 5.03. The molecule has 1 aliphatic heterocycles. The number of sulfonamides is 1. The number of benzene rings is 1. The van der Waals surface area contributed by atoms with Gasteiger partial charge in [0.2, 0.25) is 10.0 Å². The molecule has 1 aromatic carbocycles. The van der Waals surface area contributed by atoms with Crippen LogP contribution in [0.1, 0.15) is 24.2 Å². The van der Waals surface area contributed by atoms with Gasteiger partial charge in [0.15, 0.2) is 11.5 Å². The second-order valence-corrected chi connectivity index (χ2v) is 6.59. The number of carbonyl (C=O) groups excluding carboxylic acids is 1. The van der Waals surface area contributed by atoms with Crippen LogP contribution < -0.4 is 14.6 Å². The maximum atomic E-state index is 12.1. The van der Waals surface area contributed by atoms with E-state index in [1.54, 1.807) is 0 Å². The summed E-state index contributed by atoms with van der Waals surface area (Å²) in [6.07, 6.45) is 0. The first-order chi connectivity index (χ1) is 9.79. The molecule has 2 rings (SSSR count). The Morgan fingerprint density at radius 2 is 2.00 bits per heavy atom. The van der Waals surface area contributed by atoms with Crippen LogP contribution in [0, 0.1) is 5.92 Å². The Kier molecular flexibility index (Phi) is 4.38. The van der Waals surface area contributed by atoms with Gasteiger partial charge in [-0.3, -0.25) is 0 Å². The van der Waals surface area contributed by atoms with Gasteiger partial charge < -0.3 is 14.2 Å². The van der Waals surface area contributed by atoms with Crippen LogP contribution in [0.5, 0.6) is 11.5 Å². The van der Waals surface area contributed by atoms with E-state index in [4.69, 9.17) is 19.3 Å². The second kappa shape index (κ2) is 5.90. The van der Waals surface area contributed by atoms with Gasteiger partial charge in [-0.05, 0) is 12.0 Å². The molecule has 7 nitrogen and oxygen atoms in total. The normalized spacial score (nSPS) is 14.1. The predicted molar refractivity (Wildman–Crippen MR) is 73.9 cm³/mol. The fourth-order valence-electron chi connectivity index (χ4n) is 1.76. The van der Waals surface area contributed by atoms with Crippen molar-refractivity contribution >= 4 is 16.0 Å². The molecule has 21 heavy (non-hydrogen) atoms. The highest BCUT2D eigenvalue weighted by molar-refractivity contribution is 7.89.